The zero-order valence-electron chi connectivity index (χ0n) is 12.0. The molecule has 1 heterocycles. The van der Waals surface area contributed by atoms with Gasteiger partial charge in [-0.3, -0.25) is 4.79 Å². The van der Waals surface area contributed by atoms with Crippen LogP contribution in [0.4, 0.5) is 10.7 Å². The molecule has 1 saturated carbocycles. The first-order chi connectivity index (χ1) is 8.91. The van der Waals surface area contributed by atoms with Gasteiger partial charge in [-0.25, -0.2) is 0 Å². The number of carbonyl (C=O) groups is 1. The third-order valence-corrected chi connectivity index (χ3v) is 5.39. The summed E-state index contributed by atoms with van der Waals surface area (Å²) in [6.07, 6.45) is 2.53. The van der Waals surface area contributed by atoms with Crippen LogP contribution in [-0.4, -0.2) is 19.4 Å². The molecule has 2 rings (SSSR count). The Hall–Kier alpha value is -1.23. The summed E-state index contributed by atoms with van der Waals surface area (Å²) in [4.78, 5) is 12.1. The van der Waals surface area contributed by atoms with Gasteiger partial charge in [-0.1, -0.05) is 13.8 Å². The van der Waals surface area contributed by atoms with Crippen molar-refractivity contribution in [2.45, 2.75) is 33.6 Å². The number of nitrogen functional groups attached to an aromatic ring is 1. The molecular formula is C14H22N2O2S. The molecule has 0 radical (unpaired) electrons. The molecule has 19 heavy (non-hydrogen) atoms. The molecule has 106 valence electrons. The quantitative estimate of drug-likeness (QED) is 0.785. The standard InChI is InChI=1S/C14H22N2O2S/c1-8(2)14(5-6-14)7-16-13-11(18-4)10(15)12(19-13)9(3)17/h8,16H,5-7,15H2,1-4H3. The zero-order valence-corrected chi connectivity index (χ0v) is 12.8. The summed E-state index contributed by atoms with van der Waals surface area (Å²) in [5.41, 5.74) is 6.81. The molecule has 0 aliphatic heterocycles. The van der Waals surface area contributed by atoms with E-state index in [1.54, 1.807) is 7.11 Å². The van der Waals surface area contributed by atoms with Gasteiger partial charge in [-0.15, -0.1) is 11.3 Å². The number of hydrogen-bond donors (Lipinski definition) is 2. The van der Waals surface area contributed by atoms with Crippen LogP contribution in [0.2, 0.25) is 0 Å². The van der Waals surface area contributed by atoms with E-state index in [0.29, 0.717) is 27.6 Å². The SMILES string of the molecule is COc1c(NCC2(C(C)C)CC2)sc(C(C)=O)c1N. The molecule has 1 aliphatic rings. The van der Waals surface area contributed by atoms with Crippen molar-refractivity contribution >= 4 is 27.8 Å². The average molecular weight is 282 g/mol. The molecule has 0 bridgehead atoms. The molecule has 0 spiro atoms. The van der Waals surface area contributed by atoms with Crippen molar-refractivity contribution in [2.24, 2.45) is 11.3 Å². The highest BCUT2D eigenvalue weighted by Crippen LogP contribution is 2.52. The maximum absolute atomic E-state index is 11.5. The van der Waals surface area contributed by atoms with Crippen molar-refractivity contribution in [1.29, 1.82) is 0 Å². The number of methoxy groups -OCH3 is 1. The van der Waals surface area contributed by atoms with Gasteiger partial charge in [0.05, 0.1) is 17.7 Å². The lowest BCUT2D eigenvalue weighted by atomic mass is 9.92. The van der Waals surface area contributed by atoms with Gasteiger partial charge >= 0.3 is 0 Å². The summed E-state index contributed by atoms with van der Waals surface area (Å²) >= 11 is 1.39. The van der Waals surface area contributed by atoms with Crippen LogP contribution >= 0.6 is 11.3 Å². The molecule has 1 fully saturated rings. The number of ketones is 1. The van der Waals surface area contributed by atoms with Crippen LogP contribution in [0.3, 0.4) is 0 Å². The normalized spacial score (nSPS) is 16.5. The van der Waals surface area contributed by atoms with Crippen molar-refractivity contribution in [3.8, 4) is 5.75 Å². The van der Waals surface area contributed by atoms with Crippen LogP contribution in [0.25, 0.3) is 0 Å². The fourth-order valence-electron chi connectivity index (χ4n) is 2.38. The van der Waals surface area contributed by atoms with Gasteiger partial charge in [-0.2, -0.15) is 0 Å². The second-order valence-corrected chi connectivity index (χ2v) is 6.65. The number of anilines is 2. The summed E-state index contributed by atoms with van der Waals surface area (Å²) < 4.78 is 5.32. The Morgan fingerprint density at radius 2 is 2.16 bits per heavy atom. The van der Waals surface area contributed by atoms with Crippen molar-refractivity contribution in [1.82, 2.24) is 0 Å². The molecule has 1 aliphatic carbocycles. The number of ether oxygens (including phenoxy) is 1. The van der Waals surface area contributed by atoms with E-state index in [9.17, 15) is 4.79 Å². The molecule has 0 aromatic carbocycles. The van der Waals surface area contributed by atoms with Gasteiger partial charge in [0.25, 0.3) is 0 Å². The lowest BCUT2D eigenvalue weighted by Crippen LogP contribution is -2.20. The first-order valence-electron chi connectivity index (χ1n) is 6.62. The van der Waals surface area contributed by atoms with E-state index >= 15 is 0 Å². The minimum absolute atomic E-state index is 0.0150. The lowest BCUT2D eigenvalue weighted by Gasteiger charge is -2.20. The number of carbonyl (C=O) groups excluding carboxylic acids is 1. The highest BCUT2D eigenvalue weighted by atomic mass is 32.1. The smallest absolute Gasteiger partial charge is 0.176 e. The van der Waals surface area contributed by atoms with Gasteiger partial charge in [-0.05, 0) is 24.2 Å². The molecule has 0 saturated heterocycles. The lowest BCUT2D eigenvalue weighted by molar-refractivity contribution is 0.102. The van der Waals surface area contributed by atoms with E-state index in [0.717, 1.165) is 11.5 Å². The Morgan fingerprint density at radius 1 is 1.53 bits per heavy atom. The Morgan fingerprint density at radius 3 is 2.58 bits per heavy atom. The highest BCUT2D eigenvalue weighted by Gasteiger charge is 2.45. The Bertz CT molecular complexity index is 490. The molecular weight excluding hydrogens is 260 g/mol. The van der Waals surface area contributed by atoms with E-state index < -0.39 is 0 Å². The van der Waals surface area contributed by atoms with Gasteiger partial charge in [0.15, 0.2) is 11.5 Å². The summed E-state index contributed by atoms with van der Waals surface area (Å²) in [7, 11) is 1.59. The van der Waals surface area contributed by atoms with Crippen LogP contribution < -0.4 is 15.8 Å². The summed E-state index contributed by atoms with van der Waals surface area (Å²) in [6.45, 7) is 6.96. The first kappa shape index (κ1) is 14.2. The fourth-order valence-corrected chi connectivity index (χ4v) is 3.37. The topological polar surface area (TPSA) is 64.3 Å². The summed E-state index contributed by atoms with van der Waals surface area (Å²) in [6, 6.07) is 0. The first-order valence-corrected chi connectivity index (χ1v) is 7.44. The number of Topliss-reactive ketones (excluding diaryl/α,β-unsaturated/α-hetero) is 1. The summed E-state index contributed by atoms with van der Waals surface area (Å²) in [5, 5.41) is 4.30. The van der Waals surface area contributed by atoms with Gasteiger partial charge < -0.3 is 15.8 Å². The maximum Gasteiger partial charge on any atom is 0.176 e. The second-order valence-electron chi connectivity index (χ2n) is 5.63. The van der Waals surface area contributed by atoms with Gasteiger partial charge in [0.1, 0.15) is 5.00 Å². The number of thiophene rings is 1. The minimum atomic E-state index is -0.0150. The molecule has 5 heteroatoms. The molecule has 3 N–H and O–H groups in total. The fraction of sp³-hybridized carbons (Fsp3) is 0.643. The van der Waals surface area contributed by atoms with Crippen LogP contribution in [0.1, 0.15) is 43.3 Å². The molecule has 4 nitrogen and oxygen atoms in total. The predicted molar refractivity (Wildman–Crippen MR) is 80.3 cm³/mol. The Balaban J connectivity index is 2.16. The van der Waals surface area contributed by atoms with Crippen LogP contribution in [-0.2, 0) is 0 Å². The number of hydrogen-bond acceptors (Lipinski definition) is 5. The van der Waals surface area contributed by atoms with Crippen molar-refractivity contribution < 1.29 is 9.53 Å². The van der Waals surface area contributed by atoms with Crippen molar-refractivity contribution in [3.05, 3.63) is 4.88 Å². The van der Waals surface area contributed by atoms with E-state index in [-0.39, 0.29) is 5.78 Å². The van der Waals surface area contributed by atoms with Crippen molar-refractivity contribution in [2.75, 3.05) is 24.7 Å². The molecule has 0 atom stereocenters. The third-order valence-electron chi connectivity index (χ3n) is 4.14. The zero-order chi connectivity index (χ0) is 14.2. The van der Waals surface area contributed by atoms with Crippen LogP contribution in [0.15, 0.2) is 0 Å². The molecule has 0 unspecified atom stereocenters. The third kappa shape index (κ3) is 2.56. The largest absolute Gasteiger partial charge is 0.492 e. The molecule has 0 amide bonds. The summed E-state index contributed by atoms with van der Waals surface area (Å²) in [5.74, 6) is 1.25. The van der Waals surface area contributed by atoms with Gasteiger partial charge in [0.2, 0.25) is 0 Å². The monoisotopic (exact) mass is 282 g/mol. The molecule has 1 aromatic rings. The van der Waals surface area contributed by atoms with Gasteiger partial charge in [0, 0.05) is 13.5 Å². The van der Waals surface area contributed by atoms with Crippen LogP contribution in [0, 0.1) is 11.3 Å². The molecule has 1 aromatic heterocycles. The predicted octanol–water partition coefficient (Wildman–Crippen LogP) is 3.39. The van der Waals surface area contributed by atoms with E-state index in [1.807, 2.05) is 0 Å². The second kappa shape index (κ2) is 5.04. The number of nitrogens with two attached hydrogens (primary N) is 1. The van der Waals surface area contributed by atoms with E-state index in [2.05, 4.69) is 19.2 Å². The minimum Gasteiger partial charge on any atom is -0.492 e. The number of rotatable bonds is 6. The highest BCUT2D eigenvalue weighted by molar-refractivity contribution is 7.19. The van der Waals surface area contributed by atoms with Crippen molar-refractivity contribution in [3.63, 3.8) is 0 Å². The van der Waals surface area contributed by atoms with E-state index in [4.69, 9.17) is 10.5 Å². The average Bonchev–Trinajstić information content (AvgIpc) is 3.06. The maximum atomic E-state index is 11.5. The Kier molecular flexibility index (Phi) is 3.76. The number of nitrogens with one attached hydrogen (secondary N) is 1. The van der Waals surface area contributed by atoms with Crippen LogP contribution in [0.5, 0.6) is 5.75 Å². The Labute approximate surface area is 118 Å². The van der Waals surface area contributed by atoms with E-state index in [1.165, 1.54) is 31.1 Å².